The molecule has 3 N–H and O–H groups in total. The van der Waals surface area contributed by atoms with Crippen molar-refractivity contribution in [3.8, 4) is 0 Å². The van der Waals surface area contributed by atoms with Crippen LogP contribution >= 0.6 is 23.7 Å². The second kappa shape index (κ2) is 9.66. The van der Waals surface area contributed by atoms with E-state index in [1.54, 1.807) is 13.2 Å². The number of likely N-dealkylation sites (N-methyl/N-ethyl adjacent to an activating group) is 1. The maximum absolute atomic E-state index is 12.3. The Hall–Kier alpha value is -1.96. The summed E-state index contributed by atoms with van der Waals surface area (Å²) in [5, 5.41) is 9.23. The first-order chi connectivity index (χ1) is 12.1. The summed E-state index contributed by atoms with van der Waals surface area (Å²) in [6.45, 7) is 2.17. The van der Waals surface area contributed by atoms with Crippen LogP contribution in [0.4, 0.5) is 5.13 Å². The van der Waals surface area contributed by atoms with Gasteiger partial charge in [-0.15, -0.1) is 23.7 Å². The molecule has 1 aromatic heterocycles. The first kappa shape index (κ1) is 20.4. The Morgan fingerprint density at radius 1 is 1.31 bits per heavy atom. The molecule has 8 heteroatoms. The van der Waals surface area contributed by atoms with Gasteiger partial charge in [0.25, 0.3) is 5.91 Å². The Bertz CT molecular complexity index is 742. The van der Waals surface area contributed by atoms with Crippen LogP contribution in [0.2, 0.25) is 0 Å². The molecule has 0 spiro atoms. The molecular formula is C18H23ClN4O2S. The first-order valence-electron chi connectivity index (χ1n) is 8.40. The van der Waals surface area contributed by atoms with E-state index in [1.807, 2.05) is 24.3 Å². The Morgan fingerprint density at radius 3 is 2.73 bits per heavy atom. The number of rotatable bonds is 6. The number of anilines is 1. The second-order valence-corrected chi connectivity index (χ2v) is 7.31. The van der Waals surface area contributed by atoms with Gasteiger partial charge in [0.1, 0.15) is 0 Å². The number of thiazole rings is 1. The number of halogens is 1. The van der Waals surface area contributed by atoms with Crippen LogP contribution in [-0.4, -0.2) is 36.9 Å². The highest BCUT2D eigenvalue weighted by Gasteiger charge is 2.15. The number of nitrogens with one attached hydrogen (secondary N) is 3. The predicted molar refractivity (Wildman–Crippen MR) is 106 cm³/mol. The smallest absolute Gasteiger partial charge is 0.257 e. The number of carbonyl (C=O) groups is 2. The molecule has 0 radical (unpaired) electrons. The zero-order valence-corrected chi connectivity index (χ0v) is 16.2. The molecule has 1 aliphatic heterocycles. The van der Waals surface area contributed by atoms with Crippen molar-refractivity contribution in [2.45, 2.75) is 19.3 Å². The van der Waals surface area contributed by atoms with Crippen LogP contribution in [0.1, 0.15) is 27.2 Å². The molecule has 0 saturated carbocycles. The topological polar surface area (TPSA) is 83.1 Å². The van der Waals surface area contributed by atoms with E-state index in [-0.39, 0.29) is 30.6 Å². The minimum Gasteiger partial charge on any atom is -0.359 e. The number of aromatic nitrogens is 1. The monoisotopic (exact) mass is 394 g/mol. The van der Waals surface area contributed by atoms with Crippen LogP contribution in [0.15, 0.2) is 30.5 Å². The van der Waals surface area contributed by atoms with Gasteiger partial charge in [-0.05, 0) is 49.5 Å². The Morgan fingerprint density at radius 2 is 2.08 bits per heavy atom. The molecule has 6 nitrogen and oxygen atoms in total. The summed E-state index contributed by atoms with van der Waals surface area (Å²) in [5.41, 5.74) is 1.86. The first-order valence-corrected chi connectivity index (χ1v) is 9.22. The summed E-state index contributed by atoms with van der Waals surface area (Å²) in [7, 11) is 1.60. The van der Waals surface area contributed by atoms with Crippen LogP contribution in [0.3, 0.4) is 0 Å². The van der Waals surface area contributed by atoms with E-state index in [0.717, 1.165) is 24.4 Å². The van der Waals surface area contributed by atoms with Gasteiger partial charge in [0.05, 0.1) is 6.42 Å². The molecule has 0 bridgehead atoms. The molecule has 2 amide bonds. The summed E-state index contributed by atoms with van der Waals surface area (Å²) < 4.78 is 0. The third-order valence-corrected chi connectivity index (χ3v) is 5.20. The van der Waals surface area contributed by atoms with E-state index < -0.39 is 0 Å². The minimum absolute atomic E-state index is 0. The lowest BCUT2D eigenvalue weighted by Gasteiger charge is -2.08. The highest BCUT2D eigenvalue weighted by molar-refractivity contribution is 7.15. The van der Waals surface area contributed by atoms with E-state index in [1.165, 1.54) is 23.3 Å². The summed E-state index contributed by atoms with van der Waals surface area (Å²) in [5.74, 6) is 0.429. The normalized spacial score (nSPS) is 16.0. The van der Waals surface area contributed by atoms with Gasteiger partial charge in [0.2, 0.25) is 5.91 Å². The highest BCUT2D eigenvalue weighted by atomic mass is 35.5. The van der Waals surface area contributed by atoms with E-state index in [2.05, 4.69) is 20.9 Å². The second-order valence-electron chi connectivity index (χ2n) is 6.20. The zero-order chi connectivity index (χ0) is 17.6. The van der Waals surface area contributed by atoms with E-state index in [0.29, 0.717) is 16.6 Å². The van der Waals surface area contributed by atoms with E-state index in [4.69, 9.17) is 0 Å². The SMILES string of the molecule is CNC(=O)Cc1cnc(NC(=O)c2ccc(CC3CCNC3)cc2)s1.Cl. The number of nitrogens with zero attached hydrogens (tertiary/aromatic N) is 1. The summed E-state index contributed by atoms with van der Waals surface area (Å²) in [6, 6.07) is 7.75. The fraction of sp³-hybridized carbons (Fsp3) is 0.389. The average molecular weight is 395 g/mol. The molecule has 26 heavy (non-hydrogen) atoms. The lowest BCUT2D eigenvalue weighted by Crippen LogP contribution is -2.19. The van der Waals surface area contributed by atoms with Crippen LogP contribution in [0.5, 0.6) is 0 Å². The third-order valence-electron chi connectivity index (χ3n) is 4.29. The van der Waals surface area contributed by atoms with E-state index >= 15 is 0 Å². The maximum Gasteiger partial charge on any atom is 0.257 e. The molecular weight excluding hydrogens is 372 g/mol. The number of hydrogen-bond donors (Lipinski definition) is 3. The number of hydrogen-bond acceptors (Lipinski definition) is 5. The van der Waals surface area contributed by atoms with Crippen LogP contribution in [-0.2, 0) is 17.6 Å². The predicted octanol–water partition coefficient (Wildman–Crippen LogP) is 2.26. The number of benzene rings is 1. The molecule has 1 aliphatic rings. The van der Waals surface area contributed by atoms with Crippen LogP contribution in [0, 0.1) is 5.92 Å². The van der Waals surface area contributed by atoms with Crippen molar-refractivity contribution >= 4 is 40.7 Å². The van der Waals surface area contributed by atoms with Gasteiger partial charge in [-0.25, -0.2) is 4.98 Å². The molecule has 140 valence electrons. The summed E-state index contributed by atoms with van der Waals surface area (Å²) in [6.07, 6.45) is 4.15. The van der Waals surface area contributed by atoms with Crippen molar-refractivity contribution in [2.75, 3.05) is 25.5 Å². The quantitative estimate of drug-likeness (QED) is 0.701. The van der Waals surface area contributed by atoms with Gasteiger partial charge in [0.15, 0.2) is 5.13 Å². The summed E-state index contributed by atoms with van der Waals surface area (Å²) in [4.78, 5) is 28.7. The lowest BCUT2D eigenvalue weighted by atomic mass is 9.98. The average Bonchev–Trinajstić information content (AvgIpc) is 3.27. The van der Waals surface area contributed by atoms with E-state index in [9.17, 15) is 9.59 Å². The number of amides is 2. The van der Waals surface area contributed by atoms with Gasteiger partial charge in [-0.3, -0.25) is 14.9 Å². The van der Waals surface area contributed by atoms with Crippen molar-refractivity contribution in [3.05, 3.63) is 46.5 Å². The van der Waals surface area contributed by atoms with Crippen molar-refractivity contribution in [1.29, 1.82) is 0 Å². The Kier molecular flexibility index (Phi) is 7.56. The standard InChI is InChI=1S/C18H22N4O2S.ClH/c1-19-16(23)9-15-11-21-18(25-15)22-17(24)14-4-2-12(3-5-14)8-13-6-7-20-10-13;/h2-5,11,13,20H,6-10H2,1H3,(H,19,23)(H,21,22,24);1H. The fourth-order valence-electron chi connectivity index (χ4n) is 2.88. The molecule has 1 aromatic carbocycles. The zero-order valence-electron chi connectivity index (χ0n) is 14.6. The van der Waals surface area contributed by atoms with Crippen molar-refractivity contribution in [2.24, 2.45) is 5.92 Å². The lowest BCUT2D eigenvalue weighted by molar-refractivity contribution is -0.119. The highest BCUT2D eigenvalue weighted by Crippen LogP contribution is 2.20. The molecule has 1 atom stereocenters. The van der Waals surface area contributed by atoms with Crippen molar-refractivity contribution < 1.29 is 9.59 Å². The molecule has 2 heterocycles. The fourth-order valence-corrected chi connectivity index (χ4v) is 3.68. The molecule has 3 rings (SSSR count). The van der Waals surface area contributed by atoms with Crippen molar-refractivity contribution in [3.63, 3.8) is 0 Å². The van der Waals surface area contributed by atoms with Crippen molar-refractivity contribution in [1.82, 2.24) is 15.6 Å². The molecule has 1 fully saturated rings. The van der Waals surface area contributed by atoms with Gasteiger partial charge >= 0.3 is 0 Å². The molecule has 2 aromatic rings. The van der Waals surface area contributed by atoms with Gasteiger partial charge in [0, 0.05) is 23.7 Å². The largest absolute Gasteiger partial charge is 0.359 e. The minimum atomic E-state index is -0.185. The molecule has 1 saturated heterocycles. The van der Waals surface area contributed by atoms with Gasteiger partial charge in [-0.1, -0.05) is 12.1 Å². The molecule has 1 unspecified atom stereocenters. The Balaban J connectivity index is 0.00000243. The number of carbonyl (C=O) groups excluding carboxylic acids is 2. The summed E-state index contributed by atoms with van der Waals surface area (Å²) >= 11 is 1.31. The Labute approximate surface area is 163 Å². The van der Waals surface area contributed by atoms with Crippen LogP contribution < -0.4 is 16.0 Å². The van der Waals surface area contributed by atoms with Gasteiger partial charge < -0.3 is 10.6 Å². The third kappa shape index (κ3) is 5.52. The van der Waals surface area contributed by atoms with Crippen LogP contribution in [0.25, 0.3) is 0 Å². The molecule has 0 aliphatic carbocycles. The maximum atomic E-state index is 12.3. The van der Waals surface area contributed by atoms with Gasteiger partial charge in [-0.2, -0.15) is 0 Å².